The van der Waals surface area contributed by atoms with E-state index in [9.17, 15) is 8.42 Å². The minimum atomic E-state index is -3.47. The Labute approximate surface area is 121 Å². The quantitative estimate of drug-likeness (QED) is 0.820. The van der Waals surface area contributed by atoms with E-state index in [4.69, 9.17) is 11.6 Å². The molecule has 0 aliphatic heterocycles. The summed E-state index contributed by atoms with van der Waals surface area (Å²) in [7, 11) is -3.47. The van der Waals surface area contributed by atoms with E-state index in [0.717, 1.165) is 11.1 Å². The molecule has 3 nitrogen and oxygen atoms in total. The van der Waals surface area contributed by atoms with Crippen LogP contribution in [0.2, 0.25) is 0 Å². The van der Waals surface area contributed by atoms with Crippen LogP contribution in [0.1, 0.15) is 31.4 Å². The molecule has 0 aliphatic rings. The second kappa shape index (κ2) is 6.73. The molecule has 19 heavy (non-hydrogen) atoms. The van der Waals surface area contributed by atoms with Crippen molar-refractivity contribution >= 4 is 21.6 Å². The van der Waals surface area contributed by atoms with Crippen LogP contribution in [0, 0.1) is 19.8 Å². The molecule has 0 amide bonds. The van der Waals surface area contributed by atoms with Gasteiger partial charge in [-0.25, -0.2) is 13.1 Å². The van der Waals surface area contributed by atoms with Gasteiger partial charge in [0.25, 0.3) is 0 Å². The van der Waals surface area contributed by atoms with Crippen molar-refractivity contribution in [1.29, 1.82) is 0 Å². The van der Waals surface area contributed by atoms with Crippen molar-refractivity contribution in [3.8, 4) is 0 Å². The molecule has 0 fully saturated rings. The molecular weight excluding hydrogens is 282 g/mol. The van der Waals surface area contributed by atoms with Crippen LogP contribution in [-0.2, 0) is 10.0 Å². The summed E-state index contributed by atoms with van der Waals surface area (Å²) in [6.07, 6.45) is 0.628. The van der Waals surface area contributed by atoms with E-state index >= 15 is 0 Å². The normalized spacial score (nSPS) is 13.8. The maximum Gasteiger partial charge on any atom is 0.240 e. The Bertz CT molecular complexity index is 526. The lowest BCUT2D eigenvalue weighted by molar-refractivity contribution is 0.439. The Kier molecular flexibility index (Phi) is 5.83. The van der Waals surface area contributed by atoms with Gasteiger partial charge in [-0.1, -0.05) is 19.9 Å². The van der Waals surface area contributed by atoms with Crippen molar-refractivity contribution in [3.63, 3.8) is 0 Å². The van der Waals surface area contributed by atoms with E-state index < -0.39 is 10.0 Å². The standard InChI is InChI=1S/C14H22ClNO2S/c1-10(2)14(7-8-15)16-19(17,18)13-6-5-11(3)12(4)9-13/h5-6,9-10,14,16H,7-8H2,1-4H3. The van der Waals surface area contributed by atoms with Crippen LogP contribution < -0.4 is 4.72 Å². The first kappa shape index (κ1) is 16.5. The Balaban J connectivity index is 2.99. The Morgan fingerprint density at radius 1 is 1.21 bits per heavy atom. The molecule has 1 atom stereocenters. The third kappa shape index (κ3) is 4.48. The smallest absolute Gasteiger partial charge is 0.208 e. The number of aryl methyl sites for hydroxylation is 2. The molecule has 0 aromatic heterocycles. The zero-order valence-corrected chi connectivity index (χ0v) is 13.5. The van der Waals surface area contributed by atoms with E-state index in [-0.39, 0.29) is 12.0 Å². The van der Waals surface area contributed by atoms with Gasteiger partial charge in [0.2, 0.25) is 10.0 Å². The van der Waals surface area contributed by atoms with Crippen molar-refractivity contribution in [2.75, 3.05) is 5.88 Å². The van der Waals surface area contributed by atoms with E-state index in [0.29, 0.717) is 17.2 Å². The molecule has 0 aliphatic carbocycles. The fraction of sp³-hybridized carbons (Fsp3) is 0.571. The summed E-state index contributed by atoms with van der Waals surface area (Å²) < 4.78 is 27.4. The third-order valence-electron chi connectivity index (χ3n) is 3.32. The number of hydrogen-bond donors (Lipinski definition) is 1. The largest absolute Gasteiger partial charge is 0.240 e. The van der Waals surface area contributed by atoms with E-state index in [2.05, 4.69) is 4.72 Å². The highest BCUT2D eigenvalue weighted by atomic mass is 35.5. The highest BCUT2D eigenvalue weighted by Crippen LogP contribution is 2.17. The van der Waals surface area contributed by atoms with Gasteiger partial charge in [-0.15, -0.1) is 11.6 Å². The van der Waals surface area contributed by atoms with Crippen molar-refractivity contribution in [3.05, 3.63) is 29.3 Å². The topological polar surface area (TPSA) is 46.2 Å². The third-order valence-corrected chi connectivity index (χ3v) is 5.03. The van der Waals surface area contributed by atoms with Crippen molar-refractivity contribution < 1.29 is 8.42 Å². The van der Waals surface area contributed by atoms with Gasteiger partial charge in [-0.2, -0.15) is 0 Å². The second-order valence-corrected chi connectivity index (χ2v) is 7.29. The first-order chi connectivity index (χ1) is 8.77. The molecule has 1 unspecified atom stereocenters. The first-order valence-corrected chi connectivity index (χ1v) is 8.45. The SMILES string of the molecule is Cc1ccc(S(=O)(=O)NC(CCCl)C(C)C)cc1C. The van der Waals surface area contributed by atoms with Crippen LogP contribution >= 0.6 is 11.6 Å². The predicted octanol–water partition coefficient (Wildman–Crippen LogP) is 3.24. The number of nitrogens with one attached hydrogen (secondary N) is 1. The molecule has 1 rings (SSSR count). The number of sulfonamides is 1. The zero-order chi connectivity index (χ0) is 14.6. The molecule has 0 heterocycles. The molecule has 0 bridgehead atoms. The van der Waals surface area contributed by atoms with Gasteiger partial charge in [0.1, 0.15) is 0 Å². The average molecular weight is 304 g/mol. The molecular formula is C14H22ClNO2S. The number of hydrogen-bond acceptors (Lipinski definition) is 2. The van der Waals surface area contributed by atoms with Gasteiger partial charge >= 0.3 is 0 Å². The fourth-order valence-electron chi connectivity index (χ4n) is 1.79. The number of alkyl halides is 1. The van der Waals surface area contributed by atoms with Crippen LogP contribution in [0.25, 0.3) is 0 Å². The van der Waals surface area contributed by atoms with E-state index in [1.165, 1.54) is 0 Å². The second-order valence-electron chi connectivity index (χ2n) is 5.20. The van der Waals surface area contributed by atoms with Gasteiger partial charge in [0.15, 0.2) is 0 Å². The summed E-state index contributed by atoms with van der Waals surface area (Å²) in [6.45, 7) is 7.84. The lowest BCUT2D eigenvalue weighted by Crippen LogP contribution is -2.38. The number of rotatable bonds is 6. The minimum Gasteiger partial charge on any atom is -0.208 e. The lowest BCUT2D eigenvalue weighted by atomic mass is 10.0. The highest BCUT2D eigenvalue weighted by Gasteiger charge is 2.22. The molecule has 0 saturated carbocycles. The van der Waals surface area contributed by atoms with E-state index in [1.54, 1.807) is 12.1 Å². The van der Waals surface area contributed by atoms with Gasteiger partial charge in [0.05, 0.1) is 4.90 Å². The molecule has 1 aromatic rings. The van der Waals surface area contributed by atoms with Crippen molar-refractivity contribution in [1.82, 2.24) is 4.72 Å². The maximum atomic E-state index is 12.3. The number of benzene rings is 1. The predicted molar refractivity (Wildman–Crippen MR) is 80.2 cm³/mol. The van der Waals surface area contributed by atoms with Gasteiger partial charge in [-0.05, 0) is 49.4 Å². The van der Waals surface area contributed by atoms with Crippen LogP contribution in [0.5, 0.6) is 0 Å². The fourth-order valence-corrected chi connectivity index (χ4v) is 3.53. The summed E-state index contributed by atoms with van der Waals surface area (Å²) in [5, 5.41) is 0. The van der Waals surface area contributed by atoms with E-state index in [1.807, 2.05) is 33.8 Å². The summed E-state index contributed by atoms with van der Waals surface area (Å²) in [6, 6.07) is 5.04. The summed E-state index contributed by atoms with van der Waals surface area (Å²) >= 11 is 5.73. The maximum absolute atomic E-state index is 12.3. The Hall–Kier alpha value is -0.580. The highest BCUT2D eigenvalue weighted by molar-refractivity contribution is 7.89. The van der Waals surface area contributed by atoms with Gasteiger partial charge < -0.3 is 0 Å². The number of halogens is 1. The van der Waals surface area contributed by atoms with Crippen LogP contribution in [0.3, 0.4) is 0 Å². The Morgan fingerprint density at radius 2 is 1.84 bits per heavy atom. The lowest BCUT2D eigenvalue weighted by Gasteiger charge is -2.21. The monoisotopic (exact) mass is 303 g/mol. The van der Waals surface area contributed by atoms with Crippen LogP contribution in [-0.4, -0.2) is 20.3 Å². The molecule has 5 heteroatoms. The van der Waals surface area contributed by atoms with Crippen molar-refractivity contribution in [2.24, 2.45) is 5.92 Å². The molecule has 1 aromatic carbocycles. The molecule has 0 saturated heterocycles. The van der Waals surface area contributed by atoms with Gasteiger partial charge in [-0.3, -0.25) is 0 Å². The molecule has 108 valence electrons. The molecule has 0 spiro atoms. The Morgan fingerprint density at radius 3 is 2.32 bits per heavy atom. The summed E-state index contributed by atoms with van der Waals surface area (Å²) in [4.78, 5) is 0.316. The zero-order valence-electron chi connectivity index (χ0n) is 11.9. The molecule has 0 radical (unpaired) electrons. The molecule has 1 N–H and O–H groups in total. The van der Waals surface area contributed by atoms with Crippen LogP contribution in [0.15, 0.2) is 23.1 Å². The van der Waals surface area contributed by atoms with Crippen LogP contribution in [0.4, 0.5) is 0 Å². The van der Waals surface area contributed by atoms with Crippen molar-refractivity contribution in [2.45, 2.75) is 45.1 Å². The summed E-state index contributed by atoms with van der Waals surface area (Å²) in [5.41, 5.74) is 2.06. The summed E-state index contributed by atoms with van der Waals surface area (Å²) in [5.74, 6) is 0.651. The van der Waals surface area contributed by atoms with Gasteiger partial charge in [0, 0.05) is 11.9 Å². The average Bonchev–Trinajstić information content (AvgIpc) is 2.31. The minimum absolute atomic E-state index is 0.135. The first-order valence-electron chi connectivity index (χ1n) is 6.43.